The van der Waals surface area contributed by atoms with Gasteiger partial charge in [0.25, 0.3) is 6.47 Å². The zero-order valence-electron chi connectivity index (χ0n) is 17.2. The first-order chi connectivity index (χ1) is 15.4. The molecule has 2 aliphatic rings. The number of aromatic amines is 1. The highest BCUT2D eigenvalue weighted by Crippen LogP contribution is 2.27. The predicted molar refractivity (Wildman–Crippen MR) is 120 cm³/mol. The topological polar surface area (TPSA) is 132 Å². The minimum absolute atomic E-state index is 0.151. The second-order valence-corrected chi connectivity index (χ2v) is 9.38. The number of fused-ring (bicyclic) bond motifs is 2. The van der Waals surface area contributed by atoms with Gasteiger partial charge in [0, 0.05) is 30.5 Å². The summed E-state index contributed by atoms with van der Waals surface area (Å²) in [6, 6.07) is 12.1. The Kier molecular flexibility index (Phi) is 6.26. The van der Waals surface area contributed by atoms with Crippen molar-refractivity contribution < 1.29 is 23.1 Å². The number of amides is 1. The number of carbonyl (C=O) groups is 2. The third kappa shape index (κ3) is 4.38. The van der Waals surface area contributed by atoms with Crippen LogP contribution in [-0.4, -0.2) is 50.0 Å². The van der Waals surface area contributed by atoms with E-state index in [1.54, 1.807) is 29.3 Å². The van der Waals surface area contributed by atoms with Gasteiger partial charge in [0.1, 0.15) is 6.04 Å². The molecule has 168 valence electrons. The van der Waals surface area contributed by atoms with Gasteiger partial charge >= 0.3 is 0 Å². The van der Waals surface area contributed by atoms with Crippen molar-refractivity contribution in [2.45, 2.75) is 30.3 Å². The highest BCUT2D eigenvalue weighted by Gasteiger charge is 2.36. The van der Waals surface area contributed by atoms with Crippen LogP contribution in [0.3, 0.4) is 0 Å². The Labute approximate surface area is 185 Å². The minimum Gasteiger partial charge on any atom is -0.483 e. The summed E-state index contributed by atoms with van der Waals surface area (Å²) in [5.74, 6) is -0.210. The number of carboxylic acid groups (broad SMARTS) is 1. The van der Waals surface area contributed by atoms with Crippen LogP contribution in [0.1, 0.15) is 17.5 Å². The number of benzene rings is 2. The molecule has 5 rings (SSSR count). The summed E-state index contributed by atoms with van der Waals surface area (Å²) >= 11 is 0. The zero-order chi connectivity index (χ0) is 22.7. The first-order valence-corrected chi connectivity index (χ1v) is 11.7. The number of hydrogen-bond donors (Lipinski definition) is 4. The molecular formula is C22H24N4O5S. The number of hydrogen-bond acceptors (Lipinski definition) is 5. The Hall–Kier alpha value is -3.21. The van der Waals surface area contributed by atoms with Crippen molar-refractivity contribution >= 4 is 39.0 Å². The monoisotopic (exact) mass is 456 g/mol. The van der Waals surface area contributed by atoms with Crippen LogP contribution in [0.2, 0.25) is 0 Å². The fourth-order valence-corrected chi connectivity index (χ4v) is 5.38. The number of sulfonamides is 1. The predicted octanol–water partition coefficient (Wildman–Crippen LogP) is 1.60. The van der Waals surface area contributed by atoms with Gasteiger partial charge in [-0.25, -0.2) is 8.42 Å². The minimum atomic E-state index is -3.79. The van der Waals surface area contributed by atoms with Crippen molar-refractivity contribution in [2.75, 3.05) is 18.0 Å². The maximum atomic E-state index is 12.9. The molecule has 32 heavy (non-hydrogen) atoms. The van der Waals surface area contributed by atoms with Gasteiger partial charge in [-0.1, -0.05) is 12.1 Å². The summed E-state index contributed by atoms with van der Waals surface area (Å²) in [4.78, 5) is 26.1. The smallest absolute Gasteiger partial charge is 0.290 e. The van der Waals surface area contributed by atoms with Crippen LogP contribution in [0.5, 0.6) is 0 Å². The van der Waals surface area contributed by atoms with E-state index in [1.807, 2.05) is 18.2 Å². The molecule has 3 heterocycles. The summed E-state index contributed by atoms with van der Waals surface area (Å²) in [5.41, 5.74) is 4.07. The molecule has 0 aliphatic carbocycles. The molecule has 0 bridgehead atoms. The van der Waals surface area contributed by atoms with E-state index >= 15 is 0 Å². The summed E-state index contributed by atoms with van der Waals surface area (Å²) in [6.45, 7) is 2.00. The van der Waals surface area contributed by atoms with Crippen LogP contribution in [-0.2, 0) is 32.6 Å². The average Bonchev–Trinajstić information content (AvgIpc) is 3.40. The van der Waals surface area contributed by atoms with Crippen molar-refractivity contribution in [3.8, 4) is 0 Å². The van der Waals surface area contributed by atoms with Crippen LogP contribution < -0.4 is 14.9 Å². The number of aromatic nitrogens is 1. The van der Waals surface area contributed by atoms with Gasteiger partial charge in [-0.05, 0) is 66.2 Å². The number of nitrogens with zero attached hydrogens (tertiary/aromatic N) is 1. The molecule has 0 spiro atoms. The van der Waals surface area contributed by atoms with Crippen molar-refractivity contribution in [1.29, 1.82) is 0 Å². The standard InChI is InChI=1S/C21H22N4O3S.CH2O2/c26-21-19(24-29(27,28)18-4-2-15-6-9-23-20(15)12-18)7-10-25(21)17-3-1-14-5-8-22-13-16(14)11-17;2-1-3/h1-4,6,9,11-12,19,22-24H,5,7-8,10,13H2;1H,(H,2,3)/t19-;/m0./s1. The summed E-state index contributed by atoms with van der Waals surface area (Å²) in [6.07, 6.45) is 3.19. The highest BCUT2D eigenvalue weighted by atomic mass is 32.2. The Morgan fingerprint density at radius 3 is 2.75 bits per heavy atom. The molecule has 9 nitrogen and oxygen atoms in total. The molecule has 1 aromatic heterocycles. The molecule has 1 saturated heterocycles. The SMILES string of the molecule is O=C1[C@@H](NS(=O)(=O)c2ccc3cc[nH]c3c2)CCN1c1ccc2c(c1)CNCC2.O=CO. The van der Waals surface area contributed by atoms with Crippen molar-refractivity contribution in [3.05, 3.63) is 59.8 Å². The van der Waals surface area contributed by atoms with E-state index in [9.17, 15) is 13.2 Å². The normalized spacial score (nSPS) is 18.2. The third-order valence-corrected chi connectivity index (χ3v) is 7.20. The van der Waals surface area contributed by atoms with E-state index in [2.05, 4.69) is 21.1 Å². The maximum Gasteiger partial charge on any atom is 0.290 e. The van der Waals surface area contributed by atoms with Crippen LogP contribution in [0, 0.1) is 0 Å². The first-order valence-electron chi connectivity index (χ1n) is 10.2. The maximum absolute atomic E-state index is 12.9. The van der Waals surface area contributed by atoms with Gasteiger partial charge < -0.3 is 20.3 Å². The lowest BCUT2D eigenvalue weighted by atomic mass is 10.0. The molecule has 2 aliphatic heterocycles. The Morgan fingerprint density at radius 1 is 1.12 bits per heavy atom. The summed E-state index contributed by atoms with van der Waals surface area (Å²) < 4.78 is 28.3. The number of nitrogens with one attached hydrogen (secondary N) is 3. The molecule has 1 atom stereocenters. The Morgan fingerprint density at radius 2 is 1.94 bits per heavy atom. The molecule has 4 N–H and O–H groups in total. The van der Waals surface area contributed by atoms with Gasteiger partial charge in [0.15, 0.2) is 0 Å². The van der Waals surface area contributed by atoms with E-state index in [1.165, 1.54) is 11.1 Å². The van der Waals surface area contributed by atoms with Gasteiger partial charge in [0.05, 0.1) is 4.90 Å². The van der Waals surface area contributed by atoms with Crippen molar-refractivity contribution in [1.82, 2.24) is 15.0 Å². The second-order valence-electron chi connectivity index (χ2n) is 7.66. The van der Waals surface area contributed by atoms with Gasteiger partial charge in [0.2, 0.25) is 15.9 Å². The van der Waals surface area contributed by atoms with E-state index < -0.39 is 16.1 Å². The quantitative estimate of drug-likeness (QED) is 0.441. The van der Waals surface area contributed by atoms with Crippen LogP contribution >= 0.6 is 0 Å². The average molecular weight is 457 g/mol. The van der Waals surface area contributed by atoms with E-state index in [4.69, 9.17) is 9.90 Å². The molecule has 0 unspecified atom stereocenters. The zero-order valence-corrected chi connectivity index (χ0v) is 18.1. The number of rotatable bonds is 4. The number of anilines is 1. The van der Waals surface area contributed by atoms with E-state index in [-0.39, 0.29) is 17.3 Å². The summed E-state index contributed by atoms with van der Waals surface area (Å²) in [7, 11) is -3.79. The fraction of sp³-hybridized carbons (Fsp3) is 0.273. The number of H-pyrrole nitrogens is 1. The molecule has 3 aromatic rings. The number of carbonyl (C=O) groups excluding carboxylic acids is 1. The molecule has 1 amide bonds. The highest BCUT2D eigenvalue weighted by molar-refractivity contribution is 7.89. The van der Waals surface area contributed by atoms with Crippen LogP contribution in [0.25, 0.3) is 10.9 Å². The Bertz CT molecular complexity index is 1250. The molecule has 2 aromatic carbocycles. The third-order valence-electron chi connectivity index (χ3n) is 5.73. The largest absolute Gasteiger partial charge is 0.483 e. The summed E-state index contributed by atoms with van der Waals surface area (Å²) in [5, 5.41) is 11.2. The molecular weight excluding hydrogens is 432 g/mol. The Balaban J connectivity index is 0.000000775. The van der Waals surface area contributed by atoms with Gasteiger partial charge in [-0.3, -0.25) is 9.59 Å². The lowest BCUT2D eigenvalue weighted by molar-refractivity contribution is -0.123. The molecule has 10 heteroatoms. The van der Waals surface area contributed by atoms with E-state index in [0.29, 0.717) is 13.0 Å². The first kappa shape index (κ1) is 22.0. The molecule has 0 radical (unpaired) electrons. The van der Waals surface area contributed by atoms with Gasteiger partial charge in [-0.15, -0.1) is 0 Å². The van der Waals surface area contributed by atoms with E-state index in [0.717, 1.165) is 36.1 Å². The van der Waals surface area contributed by atoms with Crippen molar-refractivity contribution in [3.63, 3.8) is 0 Å². The lowest BCUT2D eigenvalue weighted by Gasteiger charge is -2.22. The van der Waals surface area contributed by atoms with Crippen molar-refractivity contribution in [2.24, 2.45) is 0 Å². The molecule has 0 saturated carbocycles. The van der Waals surface area contributed by atoms with Gasteiger partial charge in [-0.2, -0.15) is 4.72 Å². The second kappa shape index (κ2) is 9.11. The fourth-order valence-electron chi connectivity index (χ4n) is 4.13. The lowest BCUT2D eigenvalue weighted by Crippen LogP contribution is -2.41. The molecule has 1 fully saturated rings. The van der Waals surface area contributed by atoms with Crippen LogP contribution in [0.4, 0.5) is 5.69 Å². The van der Waals surface area contributed by atoms with Crippen LogP contribution in [0.15, 0.2) is 53.6 Å².